The van der Waals surface area contributed by atoms with Gasteiger partial charge in [0.1, 0.15) is 6.29 Å². The van der Waals surface area contributed by atoms with Crippen molar-refractivity contribution in [1.82, 2.24) is 0 Å². The van der Waals surface area contributed by atoms with Gasteiger partial charge >= 0.3 is 0 Å². The van der Waals surface area contributed by atoms with Crippen molar-refractivity contribution in [2.45, 2.75) is 23.1 Å². The number of benzene rings is 2. The first-order valence-corrected chi connectivity index (χ1v) is 10.4. The lowest BCUT2D eigenvalue weighted by Crippen LogP contribution is -2.49. The Morgan fingerprint density at radius 3 is 2.76 bits per heavy atom. The van der Waals surface area contributed by atoms with Crippen molar-refractivity contribution in [3.63, 3.8) is 0 Å². The van der Waals surface area contributed by atoms with E-state index in [9.17, 15) is 9.59 Å². The second-order valence-corrected chi connectivity index (χ2v) is 7.84. The summed E-state index contributed by atoms with van der Waals surface area (Å²) in [5.74, 6) is 0.772. The molecular weight excluding hydrogens is 386 g/mol. The molecule has 0 spiro atoms. The van der Waals surface area contributed by atoms with Gasteiger partial charge in [0.15, 0.2) is 18.1 Å². The number of carbonyl (C=O) groups excluding carboxylic acids is 2. The summed E-state index contributed by atoms with van der Waals surface area (Å²) in [6, 6.07) is 12.8. The van der Waals surface area contributed by atoms with Crippen molar-refractivity contribution in [2.24, 2.45) is 0 Å². The highest BCUT2D eigenvalue weighted by Gasteiger charge is 2.36. The molecule has 5 nitrogen and oxygen atoms in total. The van der Waals surface area contributed by atoms with Crippen LogP contribution in [-0.2, 0) is 4.79 Å². The van der Waals surface area contributed by atoms with Crippen LogP contribution in [0.3, 0.4) is 0 Å². The summed E-state index contributed by atoms with van der Waals surface area (Å²) in [6.07, 6.45) is 8.92. The minimum absolute atomic E-state index is 0.0557. The fourth-order valence-corrected chi connectivity index (χ4v) is 4.73. The van der Waals surface area contributed by atoms with E-state index in [2.05, 4.69) is 12.2 Å². The van der Waals surface area contributed by atoms with E-state index in [1.165, 1.54) is 0 Å². The summed E-state index contributed by atoms with van der Waals surface area (Å²) < 4.78 is 11.4. The molecule has 0 bridgehead atoms. The van der Waals surface area contributed by atoms with Gasteiger partial charge in [-0.05, 0) is 37.3 Å². The maximum Gasteiger partial charge on any atom is 0.265 e. The van der Waals surface area contributed by atoms with E-state index in [0.717, 1.165) is 16.9 Å². The highest BCUT2D eigenvalue weighted by atomic mass is 32.2. The molecule has 6 heteroatoms. The van der Waals surface area contributed by atoms with Crippen LogP contribution in [0.15, 0.2) is 71.7 Å². The number of anilines is 1. The summed E-state index contributed by atoms with van der Waals surface area (Å²) in [6.45, 7) is 2.17. The molecule has 0 unspecified atom stereocenters. The second kappa shape index (κ2) is 8.57. The monoisotopic (exact) mass is 407 g/mol. The molecular formula is C23H21NO4S. The van der Waals surface area contributed by atoms with Gasteiger partial charge in [-0.2, -0.15) is 0 Å². The lowest BCUT2D eigenvalue weighted by Gasteiger charge is -2.40. The number of rotatable bonds is 6. The van der Waals surface area contributed by atoms with Crippen LogP contribution in [0.4, 0.5) is 5.69 Å². The number of para-hydroxylation sites is 1. The Morgan fingerprint density at radius 1 is 1.10 bits per heavy atom. The van der Waals surface area contributed by atoms with Crippen LogP contribution >= 0.6 is 11.8 Å². The van der Waals surface area contributed by atoms with Gasteiger partial charge in [-0.1, -0.05) is 36.4 Å². The van der Waals surface area contributed by atoms with Crippen molar-refractivity contribution in [2.75, 3.05) is 18.1 Å². The Labute approximate surface area is 174 Å². The number of amides is 1. The van der Waals surface area contributed by atoms with E-state index in [1.807, 2.05) is 48.2 Å². The van der Waals surface area contributed by atoms with Crippen molar-refractivity contribution in [1.29, 1.82) is 0 Å². The molecule has 1 amide bonds. The SMILES string of the molecule is CCOc1cc(C=O)ccc1OCC(=O)N1c2ccccc2S[C@H]2C=CC=C[C@H]21. The zero-order valence-corrected chi connectivity index (χ0v) is 16.8. The van der Waals surface area contributed by atoms with E-state index in [-0.39, 0.29) is 23.8 Å². The van der Waals surface area contributed by atoms with Crippen LogP contribution in [0.2, 0.25) is 0 Å². The van der Waals surface area contributed by atoms with E-state index in [4.69, 9.17) is 9.47 Å². The van der Waals surface area contributed by atoms with E-state index in [1.54, 1.807) is 30.0 Å². The molecule has 2 aromatic carbocycles. The van der Waals surface area contributed by atoms with Crippen LogP contribution in [-0.4, -0.2) is 36.7 Å². The quantitative estimate of drug-likeness (QED) is 0.669. The molecule has 2 aromatic rings. The van der Waals surface area contributed by atoms with Crippen molar-refractivity contribution in [3.05, 3.63) is 72.3 Å². The largest absolute Gasteiger partial charge is 0.490 e. The number of hydrogen-bond donors (Lipinski definition) is 0. The average molecular weight is 407 g/mol. The molecule has 148 valence electrons. The van der Waals surface area contributed by atoms with E-state index < -0.39 is 0 Å². The Balaban J connectivity index is 1.57. The Morgan fingerprint density at radius 2 is 1.93 bits per heavy atom. The van der Waals surface area contributed by atoms with Crippen LogP contribution < -0.4 is 14.4 Å². The van der Waals surface area contributed by atoms with Crippen LogP contribution in [0.5, 0.6) is 11.5 Å². The zero-order valence-electron chi connectivity index (χ0n) is 16.0. The number of ether oxygens (including phenoxy) is 2. The van der Waals surface area contributed by atoms with Gasteiger partial charge in [-0.15, -0.1) is 11.8 Å². The summed E-state index contributed by atoms with van der Waals surface area (Å²) in [4.78, 5) is 27.1. The molecule has 2 aliphatic rings. The number of aldehydes is 1. The lowest BCUT2D eigenvalue weighted by atomic mass is 10.0. The fourth-order valence-electron chi connectivity index (χ4n) is 3.48. The van der Waals surface area contributed by atoms with Crippen LogP contribution in [0.25, 0.3) is 0 Å². The average Bonchev–Trinajstić information content (AvgIpc) is 2.76. The minimum atomic E-state index is -0.130. The molecule has 2 atom stereocenters. The third kappa shape index (κ3) is 3.93. The summed E-state index contributed by atoms with van der Waals surface area (Å²) in [5.41, 5.74) is 1.39. The molecule has 0 fully saturated rings. The number of hydrogen-bond acceptors (Lipinski definition) is 5. The van der Waals surface area contributed by atoms with Gasteiger partial charge in [-0.25, -0.2) is 0 Å². The highest BCUT2D eigenvalue weighted by molar-refractivity contribution is 8.00. The third-order valence-electron chi connectivity index (χ3n) is 4.77. The van der Waals surface area contributed by atoms with E-state index >= 15 is 0 Å². The number of fused-ring (bicyclic) bond motifs is 2. The minimum Gasteiger partial charge on any atom is -0.490 e. The number of carbonyl (C=O) groups is 2. The van der Waals surface area contributed by atoms with Gasteiger partial charge in [0, 0.05) is 10.5 Å². The van der Waals surface area contributed by atoms with Crippen LogP contribution in [0, 0.1) is 0 Å². The smallest absolute Gasteiger partial charge is 0.265 e. The Hall–Kier alpha value is -2.99. The first-order valence-electron chi connectivity index (χ1n) is 9.49. The predicted molar refractivity (Wildman–Crippen MR) is 114 cm³/mol. The zero-order chi connectivity index (χ0) is 20.2. The van der Waals surface area contributed by atoms with Crippen molar-refractivity contribution < 1.29 is 19.1 Å². The Kier molecular flexibility index (Phi) is 5.71. The van der Waals surface area contributed by atoms with Crippen LogP contribution in [0.1, 0.15) is 17.3 Å². The normalized spacial score (nSPS) is 19.3. The highest BCUT2D eigenvalue weighted by Crippen LogP contribution is 2.43. The first kappa shape index (κ1) is 19.3. The van der Waals surface area contributed by atoms with Crippen molar-refractivity contribution in [3.8, 4) is 11.5 Å². The summed E-state index contributed by atoms with van der Waals surface area (Å²) in [7, 11) is 0. The van der Waals surface area contributed by atoms with Gasteiger partial charge in [0.25, 0.3) is 5.91 Å². The summed E-state index contributed by atoms with van der Waals surface area (Å²) >= 11 is 1.76. The van der Waals surface area contributed by atoms with Gasteiger partial charge < -0.3 is 9.47 Å². The molecule has 0 radical (unpaired) electrons. The van der Waals surface area contributed by atoms with Gasteiger partial charge in [-0.3, -0.25) is 14.5 Å². The standard InChI is InChI=1S/C23H21NO4S/c1-2-27-20-13-16(14-25)11-12-19(20)28-15-23(26)24-17-7-3-5-9-21(17)29-22-10-6-4-8-18(22)24/h3-14,17,21H,2,15H2,1H3/t17-,21+/m1/s1. The molecule has 29 heavy (non-hydrogen) atoms. The van der Waals surface area contributed by atoms with Gasteiger partial charge in [0.2, 0.25) is 0 Å². The number of thioether (sulfide) groups is 1. The summed E-state index contributed by atoms with van der Waals surface area (Å²) in [5, 5.41) is 0.171. The number of allylic oxidation sites excluding steroid dienone is 2. The molecule has 1 heterocycles. The second-order valence-electron chi connectivity index (χ2n) is 6.62. The Bertz CT molecular complexity index is 985. The molecule has 4 rings (SSSR count). The van der Waals surface area contributed by atoms with Gasteiger partial charge in [0.05, 0.1) is 23.6 Å². The predicted octanol–water partition coefficient (Wildman–Crippen LogP) is 4.28. The maximum absolute atomic E-state index is 13.2. The lowest BCUT2D eigenvalue weighted by molar-refractivity contribution is -0.120. The molecule has 0 saturated carbocycles. The number of nitrogens with zero attached hydrogens (tertiary/aromatic N) is 1. The molecule has 0 saturated heterocycles. The topological polar surface area (TPSA) is 55.8 Å². The third-order valence-corrected chi connectivity index (χ3v) is 6.07. The molecule has 1 aliphatic carbocycles. The molecule has 1 aliphatic heterocycles. The molecule has 0 aromatic heterocycles. The fraction of sp³-hybridized carbons (Fsp3) is 0.217. The first-order chi connectivity index (χ1) is 14.2. The maximum atomic E-state index is 13.2. The van der Waals surface area contributed by atoms with Crippen molar-refractivity contribution >= 4 is 29.6 Å². The van der Waals surface area contributed by atoms with E-state index in [0.29, 0.717) is 23.7 Å². The molecule has 0 N–H and O–H groups in total.